The molecule has 22 heavy (non-hydrogen) atoms. The van der Waals surface area contributed by atoms with Crippen molar-refractivity contribution < 1.29 is 4.74 Å². The smallest absolute Gasteiger partial charge is 0.191 e. The molecule has 0 aromatic carbocycles. The third-order valence-electron chi connectivity index (χ3n) is 3.67. The number of morpholine rings is 1. The van der Waals surface area contributed by atoms with Gasteiger partial charge in [0.1, 0.15) is 0 Å². The van der Waals surface area contributed by atoms with Crippen molar-refractivity contribution >= 4 is 5.96 Å². The summed E-state index contributed by atoms with van der Waals surface area (Å²) in [4.78, 5) is 11.4. The second-order valence-corrected chi connectivity index (χ2v) is 5.20. The van der Waals surface area contributed by atoms with Gasteiger partial charge in [-0.2, -0.15) is 0 Å². The average Bonchev–Trinajstić information content (AvgIpc) is 2.57. The number of rotatable bonds is 6. The largest absolute Gasteiger partial charge is 0.379 e. The molecule has 0 saturated carbocycles. The maximum atomic E-state index is 5.47. The molecule has 2 rings (SSSR count). The van der Waals surface area contributed by atoms with E-state index < -0.39 is 0 Å². The van der Waals surface area contributed by atoms with Gasteiger partial charge in [-0.3, -0.25) is 14.9 Å². The van der Waals surface area contributed by atoms with Crippen LogP contribution in [0.2, 0.25) is 0 Å². The summed E-state index contributed by atoms with van der Waals surface area (Å²) in [5.74, 6) is 0.868. The lowest BCUT2D eigenvalue weighted by molar-refractivity contribution is 0.0179. The molecule has 0 bridgehead atoms. The summed E-state index contributed by atoms with van der Waals surface area (Å²) >= 11 is 0. The highest BCUT2D eigenvalue weighted by molar-refractivity contribution is 5.79. The summed E-state index contributed by atoms with van der Waals surface area (Å²) in [7, 11) is 0. The lowest BCUT2D eigenvalue weighted by Gasteiger charge is -2.33. The van der Waals surface area contributed by atoms with Gasteiger partial charge >= 0.3 is 0 Å². The zero-order chi connectivity index (χ0) is 15.6. The number of guanidine groups is 1. The molecule has 1 saturated heterocycles. The Labute approximate surface area is 133 Å². The Morgan fingerprint density at radius 2 is 2.05 bits per heavy atom. The van der Waals surface area contributed by atoms with Gasteiger partial charge in [-0.1, -0.05) is 6.07 Å². The van der Waals surface area contributed by atoms with Gasteiger partial charge in [-0.25, -0.2) is 0 Å². The first-order valence-corrected chi connectivity index (χ1v) is 8.09. The lowest BCUT2D eigenvalue weighted by Crippen LogP contribution is -2.41. The van der Waals surface area contributed by atoms with Crippen molar-refractivity contribution in [3.63, 3.8) is 0 Å². The highest BCUT2D eigenvalue weighted by atomic mass is 16.5. The summed E-state index contributed by atoms with van der Waals surface area (Å²) in [5.41, 5.74) is 1.21. The van der Waals surface area contributed by atoms with Crippen LogP contribution in [0.1, 0.15) is 25.5 Å². The molecule has 122 valence electrons. The fourth-order valence-electron chi connectivity index (χ4n) is 2.58. The van der Waals surface area contributed by atoms with Crippen LogP contribution in [0.25, 0.3) is 0 Å². The number of nitrogens with one attached hydrogen (secondary N) is 2. The summed E-state index contributed by atoms with van der Waals surface area (Å²) < 4.78 is 5.47. The van der Waals surface area contributed by atoms with E-state index in [0.29, 0.717) is 6.54 Å². The van der Waals surface area contributed by atoms with Crippen LogP contribution in [0.4, 0.5) is 0 Å². The number of aromatic nitrogens is 1. The Bertz CT molecular complexity index is 437. The Hall–Kier alpha value is -1.66. The number of pyridine rings is 1. The van der Waals surface area contributed by atoms with Crippen LogP contribution in [0.15, 0.2) is 29.5 Å². The lowest BCUT2D eigenvalue weighted by atomic mass is 10.1. The predicted octanol–water partition coefficient (Wildman–Crippen LogP) is 1.03. The average molecular weight is 305 g/mol. The van der Waals surface area contributed by atoms with Crippen LogP contribution in [0, 0.1) is 0 Å². The van der Waals surface area contributed by atoms with Crippen LogP contribution >= 0.6 is 0 Å². The van der Waals surface area contributed by atoms with Crippen molar-refractivity contribution in [2.24, 2.45) is 4.99 Å². The normalized spacial score (nSPS) is 16.8. The van der Waals surface area contributed by atoms with Crippen LogP contribution in [0.5, 0.6) is 0 Å². The maximum absolute atomic E-state index is 5.47. The minimum atomic E-state index is 0.241. The minimum Gasteiger partial charge on any atom is -0.379 e. The van der Waals surface area contributed by atoms with Gasteiger partial charge in [-0.15, -0.1) is 0 Å². The van der Waals surface area contributed by atoms with Crippen molar-refractivity contribution in [1.82, 2.24) is 20.5 Å². The molecule has 2 heterocycles. The van der Waals surface area contributed by atoms with E-state index in [-0.39, 0.29) is 6.04 Å². The van der Waals surface area contributed by atoms with E-state index in [9.17, 15) is 0 Å². The summed E-state index contributed by atoms with van der Waals surface area (Å²) in [5, 5.41) is 6.55. The van der Waals surface area contributed by atoms with E-state index in [2.05, 4.69) is 40.4 Å². The Morgan fingerprint density at radius 1 is 1.32 bits per heavy atom. The molecule has 1 aliphatic rings. The molecule has 0 spiro atoms. The first-order chi connectivity index (χ1) is 10.8. The Kier molecular flexibility index (Phi) is 7.12. The Morgan fingerprint density at radius 3 is 2.64 bits per heavy atom. The van der Waals surface area contributed by atoms with Crippen LogP contribution < -0.4 is 10.6 Å². The highest BCUT2D eigenvalue weighted by Crippen LogP contribution is 2.21. The molecule has 0 radical (unpaired) electrons. The molecule has 1 atom stereocenters. The van der Waals surface area contributed by atoms with Crippen LogP contribution in [-0.2, 0) is 4.74 Å². The number of hydrogen-bond donors (Lipinski definition) is 2. The zero-order valence-electron chi connectivity index (χ0n) is 13.6. The molecule has 1 unspecified atom stereocenters. The van der Waals surface area contributed by atoms with Gasteiger partial charge in [0.2, 0.25) is 0 Å². The van der Waals surface area contributed by atoms with E-state index >= 15 is 0 Å². The molecule has 1 aromatic heterocycles. The quantitative estimate of drug-likeness (QED) is 0.607. The van der Waals surface area contributed by atoms with Crippen molar-refractivity contribution in [2.75, 3.05) is 45.9 Å². The fraction of sp³-hybridized carbons (Fsp3) is 0.625. The van der Waals surface area contributed by atoms with Crippen LogP contribution in [-0.4, -0.2) is 61.8 Å². The molecule has 1 fully saturated rings. The molecular formula is C16H27N5O. The molecular weight excluding hydrogens is 278 g/mol. The van der Waals surface area contributed by atoms with Gasteiger partial charge < -0.3 is 15.4 Å². The first-order valence-electron chi connectivity index (χ1n) is 8.09. The van der Waals surface area contributed by atoms with E-state index in [1.165, 1.54) is 5.56 Å². The molecule has 2 N–H and O–H groups in total. The summed E-state index contributed by atoms with van der Waals surface area (Å²) in [6.07, 6.45) is 3.75. The predicted molar refractivity (Wildman–Crippen MR) is 89.0 cm³/mol. The SMILES string of the molecule is CCNC(=NCC(c1cccnc1)N1CCOCC1)NCC. The maximum Gasteiger partial charge on any atom is 0.191 e. The second-order valence-electron chi connectivity index (χ2n) is 5.20. The van der Waals surface area contributed by atoms with Crippen molar-refractivity contribution in [2.45, 2.75) is 19.9 Å². The van der Waals surface area contributed by atoms with E-state index in [4.69, 9.17) is 9.73 Å². The molecule has 6 heteroatoms. The first kappa shape index (κ1) is 16.7. The summed E-state index contributed by atoms with van der Waals surface area (Å²) in [6.45, 7) is 10.0. The van der Waals surface area contributed by atoms with Gasteiger partial charge in [0, 0.05) is 38.6 Å². The standard InChI is InChI=1S/C16H27N5O/c1-3-18-16(19-4-2)20-13-15(14-6-5-7-17-12-14)21-8-10-22-11-9-21/h5-7,12,15H,3-4,8-11,13H2,1-2H3,(H2,18,19,20). The van der Waals surface area contributed by atoms with Gasteiger partial charge in [0.15, 0.2) is 5.96 Å². The van der Waals surface area contributed by atoms with Gasteiger partial charge in [0.25, 0.3) is 0 Å². The highest BCUT2D eigenvalue weighted by Gasteiger charge is 2.22. The number of hydrogen-bond acceptors (Lipinski definition) is 4. The molecule has 1 aliphatic heterocycles. The van der Waals surface area contributed by atoms with Crippen molar-refractivity contribution in [1.29, 1.82) is 0 Å². The van der Waals surface area contributed by atoms with Gasteiger partial charge in [-0.05, 0) is 25.5 Å². The Balaban J connectivity index is 2.11. The summed E-state index contributed by atoms with van der Waals surface area (Å²) in [6, 6.07) is 4.36. The van der Waals surface area contributed by atoms with E-state index in [1.54, 1.807) is 0 Å². The second kappa shape index (κ2) is 9.38. The molecule has 6 nitrogen and oxygen atoms in total. The number of nitrogens with zero attached hydrogens (tertiary/aromatic N) is 3. The van der Waals surface area contributed by atoms with E-state index in [1.807, 2.05) is 18.5 Å². The van der Waals surface area contributed by atoms with Gasteiger partial charge in [0.05, 0.1) is 25.8 Å². The third kappa shape index (κ3) is 4.96. The van der Waals surface area contributed by atoms with Crippen molar-refractivity contribution in [3.8, 4) is 0 Å². The van der Waals surface area contributed by atoms with E-state index in [0.717, 1.165) is 45.4 Å². The van der Waals surface area contributed by atoms with Crippen molar-refractivity contribution in [3.05, 3.63) is 30.1 Å². The fourth-order valence-corrected chi connectivity index (χ4v) is 2.58. The number of ether oxygens (including phenoxy) is 1. The molecule has 0 aliphatic carbocycles. The number of aliphatic imine (C=N–C) groups is 1. The molecule has 1 aromatic rings. The monoisotopic (exact) mass is 305 g/mol. The molecule has 0 amide bonds. The minimum absolute atomic E-state index is 0.241. The zero-order valence-corrected chi connectivity index (χ0v) is 13.6. The van der Waals surface area contributed by atoms with Crippen LogP contribution in [0.3, 0.4) is 0 Å². The topological polar surface area (TPSA) is 61.8 Å². The third-order valence-corrected chi connectivity index (χ3v) is 3.67.